The van der Waals surface area contributed by atoms with Crippen LogP contribution in [-0.4, -0.2) is 24.4 Å². The molecule has 0 radical (unpaired) electrons. The molecule has 0 aliphatic rings. The lowest BCUT2D eigenvalue weighted by atomic mass is 10.1. The van der Waals surface area contributed by atoms with E-state index in [9.17, 15) is 9.59 Å². The van der Waals surface area contributed by atoms with Crippen LogP contribution in [0.15, 0.2) is 17.8 Å². The molecule has 1 heterocycles. The molecule has 0 spiro atoms. The molecule has 0 saturated carbocycles. The first-order chi connectivity index (χ1) is 9.03. The SMILES string of the molecule is CCc1cc(N(C)C=O)c(/C=C(\C)C(=O)OI)cn1. The summed E-state index contributed by atoms with van der Waals surface area (Å²) in [6, 6.07) is 1.84. The zero-order valence-electron chi connectivity index (χ0n) is 11.0. The van der Waals surface area contributed by atoms with Crippen LogP contribution in [0.2, 0.25) is 0 Å². The first kappa shape index (κ1) is 15.6. The third kappa shape index (κ3) is 4.02. The van der Waals surface area contributed by atoms with Crippen molar-refractivity contribution < 1.29 is 12.7 Å². The molecule has 0 unspecified atom stereocenters. The molecule has 0 aliphatic carbocycles. The summed E-state index contributed by atoms with van der Waals surface area (Å²) >= 11 is 1.54. The lowest BCUT2D eigenvalue weighted by Gasteiger charge is -2.15. The molecule has 0 bridgehead atoms. The number of rotatable bonds is 5. The van der Waals surface area contributed by atoms with Gasteiger partial charge in [-0.15, -0.1) is 0 Å². The van der Waals surface area contributed by atoms with E-state index in [1.807, 2.05) is 13.0 Å². The van der Waals surface area contributed by atoms with E-state index in [1.54, 1.807) is 26.2 Å². The minimum Gasteiger partial charge on any atom is -0.391 e. The van der Waals surface area contributed by atoms with Gasteiger partial charge in [0.25, 0.3) is 0 Å². The molecule has 0 N–H and O–H groups in total. The van der Waals surface area contributed by atoms with Crippen molar-refractivity contribution in [2.75, 3.05) is 11.9 Å². The van der Waals surface area contributed by atoms with E-state index < -0.39 is 5.97 Å². The second-order valence-corrected chi connectivity index (χ2v) is 4.44. The van der Waals surface area contributed by atoms with E-state index in [1.165, 1.54) is 27.9 Å². The van der Waals surface area contributed by atoms with Gasteiger partial charge in [-0.1, -0.05) is 6.92 Å². The highest BCUT2D eigenvalue weighted by atomic mass is 127. The van der Waals surface area contributed by atoms with E-state index in [2.05, 4.69) is 8.05 Å². The second-order valence-electron chi connectivity index (χ2n) is 4.00. The van der Waals surface area contributed by atoms with Crippen molar-refractivity contribution in [3.8, 4) is 0 Å². The summed E-state index contributed by atoms with van der Waals surface area (Å²) in [6.07, 6.45) is 4.80. The third-order valence-corrected chi connectivity index (χ3v) is 3.03. The van der Waals surface area contributed by atoms with Gasteiger partial charge in [0.2, 0.25) is 6.41 Å². The summed E-state index contributed by atoms with van der Waals surface area (Å²) in [5.41, 5.74) is 2.74. The number of aryl methyl sites for hydroxylation is 1. The number of pyridine rings is 1. The van der Waals surface area contributed by atoms with Crippen LogP contribution in [0.5, 0.6) is 0 Å². The highest BCUT2D eigenvalue weighted by Gasteiger charge is 2.10. The molecule has 0 atom stereocenters. The molecule has 102 valence electrons. The van der Waals surface area contributed by atoms with Gasteiger partial charge in [0.1, 0.15) is 0 Å². The summed E-state index contributed by atoms with van der Waals surface area (Å²) in [5, 5.41) is 0. The topological polar surface area (TPSA) is 59.5 Å². The maximum atomic E-state index is 11.4. The standard InChI is InChI=1S/C13H15IN2O3/c1-4-11-6-12(16(3)8-17)10(7-15-11)5-9(2)13(18)19-14/h5-8H,4H2,1-3H3/b9-5+. The fourth-order valence-electron chi connectivity index (χ4n) is 1.52. The highest BCUT2D eigenvalue weighted by molar-refractivity contribution is 14.1. The molecule has 6 heteroatoms. The Balaban J connectivity index is 3.26. The van der Waals surface area contributed by atoms with Gasteiger partial charge in [-0.25, -0.2) is 4.79 Å². The zero-order valence-corrected chi connectivity index (χ0v) is 13.2. The predicted octanol–water partition coefficient (Wildman–Crippen LogP) is 2.53. The van der Waals surface area contributed by atoms with Crippen LogP contribution in [0.25, 0.3) is 6.08 Å². The fraction of sp³-hybridized carbons (Fsp3) is 0.308. The number of anilines is 1. The summed E-state index contributed by atoms with van der Waals surface area (Å²) < 4.78 is 4.62. The molecule has 0 fully saturated rings. The van der Waals surface area contributed by atoms with Crippen LogP contribution in [-0.2, 0) is 19.1 Å². The number of aromatic nitrogens is 1. The molecule has 0 aromatic carbocycles. The van der Waals surface area contributed by atoms with Crippen molar-refractivity contribution in [3.05, 3.63) is 29.1 Å². The maximum absolute atomic E-state index is 11.4. The van der Waals surface area contributed by atoms with Crippen LogP contribution in [0.1, 0.15) is 25.1 Å². The minimum absolute atomic E-state index is 0.417. The Morgan fingerprint density at radius 1 is 1.58 bits per heavy atom. The first-order valence-corrected chi connectivity index (χ1v) is 6.59. The number of carbonyl (C=O) groups is 2. The third-order valence-electron chi connectivity index (χ3n) is 2.63. The Hall–Kier alpha value is -1.44. The Labute approximate surface area is 126 Å². The monoisotopic (exact) mass is 374 g/mol. The lowest BCUT2D eigenvalue weighted by molar-refractivity contribution is -0.127. The molecule has 1 rings (SSSR count). The molecule has 1 amide bonds. The van der Waals surface area contributed by atoms with Crippen molar-refractivity contribution in [2.24, 2.45) is 0 Å². The van der Waals surface area contributed by atoms with Crippen LogP contribution in [0.4, 0.5) is 5.69 Å². The Morgan fingerprint density at radius 2 is 2.26 bits per heavy atom. The van der Waals surface area contributed by atoms with Gasteiger partial charge >= 0.3 is 5.97 Å². The van der Waals surface area contributed by atoms with Gasteiger partial charge in [0.05, 0.1) is 5.69 Å². The molecule has 0 saturated heterocycles. The number of halogens is 1. The smallest absolute Gasteiger partial charge is 0.343 e. The largest absolute Gasteiger partial charge is 0.391 e. The number of carbonyl (C=O) groups excluding carboxylic acids is 2. The van der Waals surface area contributed by atoms with Crippen LogP contribution in [0.3, 0.4) is 0 Å². The predicted molar refractivity (Wildman–Crippen MR) is 81.8 cm³/mol. The molecule has 0 aliphatic heterocycles. The average Bonchev–Trinajstić information content (AvgIpc) is 2.45. The summed E-state index contributed by atoms with van der Waals surface area (Å²) in [6.45, 7) is 3.64. The summed E-state index contributed by atoms with van der Waals surface area (Å²) in [5.74, 6) is -0.417. The van der Waals surface area contributed by atoms with Crippen LogP contribution < -0.4 is 4.90 Å². The van der Waals surface area contributed by atoms with E-state index in [0.717, 1.165) is 18.5 Å². The number of amides is 1. The van der Waals surface area contributed by atoms with Crippen molar-refractivity contribution in [1.82, 2.24) is 4.98 Å². The normalized spacial score (nSPS) is 11.1. The van der Waals surface area contributed by atoms with Gasteiger partial charge in [-0.05, 0) is 25.5 Å². The van der Waals surface area contributed by atoms with Gasteiger partial charge in [0.15, 0.2) is 23.0 Å². The van der Waals surface area contributed by atoms with Crippen molar-refractivity contribution >= 4 is 47.1 Å². The molecule has 5 nitrogen and oxygen atoms in total. The van der Waals surface area contributed by atoms with Gasteiger partial charge in [0, 0.05) is 30.1 Å². The summed E-state index contributed by atoms with van der Waals surface area (Å²) in [4.78, 5) is 28.0. The molecular weight excluding hydrogens is 359 g/mol. The van der Waals surface area contributed by atoms with Crippen molar-refractivity contribution in [1.29, 1.82) is 0 Å². The zero-order chi connectivity index (χ0) is 14.4. The lowest BCUT2D eigenvalue weighted by Crippen LogP contribution is -2.15. The van der Waals surface area contributed by atoms with Gasteiger partial charge in [-0.3, -0.25) is 9.78 Å². The van der Waals surface area contributed by atoms with E-state index >= 15 is 0 Å². The number of hydrogen-bond acceptors (Lipinski definition) is 4. The quantitative estimate of drug-likeness (QED) is 0.452. The molecule has 1 aromatic rings. The van der Waals surface area contributed by atoms with Crippen LogP contribution in [0, 0.1) is 0 Å². The Bertz CT molecular complexity index is 515. The van der Waals surface area contributed by atoms with Crippen molar-refractivity contribution in [3.63, 3.8) is 0 Å². The van der Waals surface area contributed by atoms with E-state index in [-0.39, 0.29) is 0 Å². The minimum atomic E-state index is -0.417. The van der Waals surface area contributed by atoms with E-state index in [4.69, 9.17) is 0 Å². The van der Waals surface area contributed by atoms with Gasteiger partial charge < -0.3 is 7.97 Å². The fourth-order valence-corrected chi connectivity index (χ4v) is 1.86. The van der Waals surface area contributed by atoms with Gasteiger partial charge in [-0.2, -0.15) is 0 Å². The number of hydrogen-bond donors (Lipinski definition) is 0. The molecule has 19 heavy (non-hydrogen) atoms. The first-order valence-electron chi connectivity index (χ1n) is 5.71. The highest BCUT2D eigenvalue weighted by Crippen LogP contribution is 2.22. The Kier molecular flexibility index (Phi) is 5.94. The number of nitrogens with zero attached hydrogens (tertiary/aromatic N) is 2. The van der Waals surface area contributed by atoms with Crippen LogP contribution >= 0.6 is 23.0 Å². The maximum Gasteiger partial charge on any atom is 0.343 e. The molecular formula is C13H15IN2O3. The molecule has 1 aromatic heterocycles. The average molecular weight is 374 g/mol. The second kappa shape index (κ2) is 7.22. The van der Waals surface area contributed by atoms with Crippen molar-refractivity contribution in [2.45, 2.75) is 20.3 Å². The van der Waals surface area contributed by atoms with E-state index in [0.29, 0.717) is 16.8 Å². The summed E-state index contributed by atoms with van der Waals surface area (Å²) in [7, 11) is 1.66. The Morgan fingerprint density at radius 3 is 2.79 bits per heavy atom.